The van der Waals surface area contributed by atoms with Crippen LogP contribution in [0.5, 0.6) is 0 Å². The van der Waals surface area contributed by atoms with E-state index in [4.69, 9.17) is 0 Å². The maximum absolute atomic E-state index is 2.31. The molecule has 0 bridgehead atoms. The van der Waals surface area contributed by atoms with Crippen LogP contribution in [0.1, 0.15) is 11.1 Å². The predicted octanol–water partition coefficient (Wildman–Crippen LogP) is 5.38. The molecule has 0 spiro atoms. The van der Waals surface area contributed by atoms with E-state index in [2.05, 4.69) is 159 Å². The Labute approximate surface area is 285 Å². The van der Waals surface area contributed by atoms with Gasteiger partial charge >= 0.3 is 26.2 Å². The van der Waals surface area contributed by atoms with Crippen molar-refractivity contribution in [1.29, 1.82) is 0 Å². The predicted molar refractivity (Wildman–Crippen MR) is 174 cm³/mol. The van der Waals surface area contributed by atoms with Gasteiger partial charge in [0.05, 0.1) is 0 Å². The van der Waals surface area contributed by atoms with Crippen LogP contribution in [-0.4, -0.2) is 0 Å². The molecule has 0 unspecified atom stereocenters. The molecule has 0 aromatic heterocycles. The van der Waals surface area contributed by atoms with Crippen LogP contribution < -0.4 is 24.8 Å². The summed E-state index contributed by atoms with van der Waals surface area (Å²) in [4.78, 5) is 0. The smallest absolute Gasteiger partial charge is 1.00 e. The van der Waals surface area contributed by atoms with Crippen LogP contribution >= 0.6 is 0 Å². The molecule has 0 radical (unpaired) electrons. The number of hydrogen-bond donors (Lipinski definition) is 0. The van der Waals surface area contributed by atoms with Crippen molar-refractivity contribution in [2.75, 3.05) is 0 Å². The molecule has 0 N–H and O–H groups in total. The average molecular weight is 673 g/mol. The number of rotatable bonds is 2. The van der Waals surface area contributed by atoms with Crippen molar-refractivity contribution in [3.05, 3.63) is 157 Å². The van der Waals surface area contributed by atoms with E-state index in [1.54, 1.807) is 0 Å². The average Bonchev–Trinajstić information content (AvgIpc) is 3.53. The topological polar surface area (TPSA) is 0 Å². The van der Waals surface area contributed by atoms with Gasteiger partial charge in [0.1, 0.15) is 0 Å². The van der Waals surface area contributed by atoms with Crippen molar-refractivity contribution in [1.82, 2.24) is 0 Å². The Morgan fingerprint density at radius 2 is 0.698 bits per heavy atom. The fraction of sp³-hybridized carbons (Fsp3) is 0.0500. The fourth-order valence-corrected chi connectivity index (χ4v) is 6.23. The molecule has 8 aromatic rings. The van der Waals surface area contributed by atoms with Crippen LogP contribution in [0.15, 0.2) is 146 Å². The third kappa shape index (κ3) is 6.00. The Hall–Kier alpha value is -3.48. The van der Waals surface area contributed by atoms with E-state index in [0.29, 0.717) is 0 Å². The summed E-state index contributed by atoms with van der Waals surface area (Å²) in [5.41, 5.74) is 8.11. The Balaban J connectivity index is 0.000000184. The van der Waals surface area contributed by atoms with Gasteiger partial charge in [0, 0.05) is 0 Å². The third-order valence-corrected chi connectivity index (χ3v) is 8.30. The van der Waals surface area contributed by atoms with Crippen molar-refractivity contribution in [3.63, 3.8) is 0 Å². The second kappa shape index (κ2) is 13.9. The number of fused-ring (bicyclic) bond motifs is 4. The van der Waals surface area contributed by atoms with Gasteiger partial charge in [-0.2, -0.15) is 0 Å². The molecule has 8 rings (SSSR count). The van der Waals surface area contributed by atoms with E-state index in [9.17, 15) is 0 Å². The zero-order valence-electron chi connectivity index (χ0n) is 24.1. The largest absolute Gasteiger partial charge is 4.00 e. The summed E-state index contributed by atoms with van der Waals surface area (Å²) in [6.45, 7) is 4.44. The third-order valence-electron chi connectivity index (χ3n) is 8.30. The molecule has 0 aliphatic heterocycles. The molecule has 0 fully saturated rings. The Bertz CT molecular complexity index is 1980. The van der Waals surface area contributed by atoms with Gasteiger partial charge in [0.2, 0.25) is 0 Å². The van der Waals surface area contributed by atoms with E-state index >= 15 is 0 Å². The summed E-state index contributed by atoms with van der Waals surface area (Å²) in [5, 5.41) is 10.6. The molecular formula is C40H30Cl2Zr. The van der Waals surface area contributed by atoms with Crippen LogP contribution in [0, 0.1) is 13.8 Å². The fourth-order valence-electron chi connectivity index (χ4n) is 6.23. The van der Waals surface area contributed by atoms with Gasteiger partial charge in [-0.15, -0.1) is 68.1 Å². The molecule has 8 aromatic carbocycles. The van der Waals surface area contributed by atoms with Crippen molar-refractivity contribution in [2.45, 2.75) is 13.8 Å². The van der Waals surface area contributed by atoms with Crippen molar-refractivity contribution < 1.29 is 51.0 Å². The maximum atomic E-state index is 2.31. The van der Waals surface area contributed by atoms with Crippen molar-refractivity contribution in [2.24, 2.45) is 0 Å². The molecule has 43 heavy (non-hydrogen) atoms. The minimum atomic E-state index is 0. The van der Waals surface area contributed by atoms with Crippen LogP contribution in [-0.2, 0) is 26.2 Å². The molecule has 0 atom stereocenters. The summed E-state index contributed by atoms with van der Waals surface area (Å²) in [6, 6.07) is 52.2. The molecule has 0 amide bonds. The quantitative estimate of drug-likeness (QED) is 0.217. The van der Waals surface area contributed by atoms with Gasteiger partial charge < -0.3 is 24.8 Å². The number of aryl methyl sites for hydroxylation is 2. The normalized spacial score (nSPS) is 10.5. The van der Waals surface area contributed by atoms with Gasteiger partial charge in [-0.3, -0.25) is 0 Å². The second-order valence-corrected chi connectivity index (χ2v) is 10.6. The van der Waals surface area contributed by atoms with Gasteiger partial charge in [-0.1, -0.05) is 146 Å². The first-order valence-electron chi connectivity index (χ1n) is 14.0. The standard InChI is InChI=1S/2C20H15.2ClH.Zr/c2*1-14-17-10-4-3-8-16(17)13-20(14)19-12-6-9-15-7-2-5-11-18(15)19;;;/h2*2-13H,1H3;2*1H;/q2*-1;;;+4/p-2. The van der Waals surface area contributed by atoms with Crippen LogP contribution in [0.3, 0.4) is 0 Å². The summed E-state index contributed by atoms with van der Waals surface area (Å²) in [6.07, 6.45) is 0. The summed E-state index contributed by atoms with van der Waals surface area (Å²) in [5.74, 6) is 0. The van der Waals surface area contributed by atoms with Crippen LogP contribution in [0.4, 0.5) is 0 Å². The summed E-state index contributed by atoms with van der Waals surface area (Å²) < 4.78 is 0. The van der Waals surface area contributed by atoms with E-state index < -0.39 is 0 Å². The molecular weight excluding hydrogens is 643 g/mol. The van der Waals surface area contributed by atoms with Crippen molar-refractivity contribution in [3.8, 4) is 22.3 Å². The molecule has 0 aliphatic rings. The zero-order valence-corrected chi connectivity index (χ0v) is 28.1. The van der Waals surface area contributed by atoms with Gasteiger partial charge in [0.25, 0.3) is 0 Å². The Kier molecular flexibility index (Phi) is 10.5. The molecule has 0 saturated heterocycles. The van der Waals surface area contributed by atoms with Gasteiger partial charge in [-0.25, -0.2) is 0 Å². The Morgan fingerprint density at radius 1 is 0.372 bits per heavy atom. The number of hydrogen-bond acceptors (Lipinski definition) is 0. The molecule has 0 aliphatic carbocycles. The minimum absolute atomic E-state index is 0. The first-order chi connectivity index (χ1) is 19.7. The SMILES string of the molecule is Cc1c(-c2cccc3ccccc23)[cH-]c2ccccc12.Cc1c(-c2cccc3ccccc23)[cH-]c2ccccc12.[Cl-].[Cl-].[Zr+4]. The minimum Gasteiger partial charge on any atom is -1.00 e. The summed E-state index contributed by atoms with van der Waals surface area (Å²) >= 11 is 0. The molecule has 0 nitrogen and oxygen atoms in total. The van der Waals surface area contributed by atoms with E-state index in [1.165, 1.54) is 76.5 Å². The number of halogens is 2. The van der Waals surface area contributed by atoms with Crippen molar-refractivity contribution >= 4 is 43.1 Å². The van der Waals surface area contributed by atoms with Crippen LogP contribution in [0.2, 0.25) is 0 Å². The first-order valence-corrected chi connectivity index (χ1v) is 14.0. The molecule has 0 saturated carbocycles. The first kappa shape index (κ1) is 32.4. The Morgan fingerprint density at radius 3 is 1.09 bits per heavy atom. The molecule has 3 heteroatoms. The van der Waals surface area contributed by atoms with Gasteiger partial charge in [0.15, 0.2) is 0 Å². The number of benzene rings is 6. The maximum Gasteiger partial charge on any atom is 4.00 e. The molecule has 208 valence electrons. The molecule has 0 heterocycles. The monoisotopic (exact) mass is 670 g/mol. The second-order valence-electron chi connectivity index (χ2n) is 10.6. The summed E-state index contributed by atoms with van der Waals surface area (Å²) in [7, 11) is 0. The van der Waals surface area contributed by atoms with E-state index in [0.717, 1.165) is 0 Å². The van der Waals surface area contributed by atoms with E-state index in [-0.39, 0.29) is 51.0 Å². The zero-order chi connectivity index (χ0) is 27.1. The van der Waals surface area contributed by atoms with Gasteiger partial charge in [-0.05, 0) is 21.5 Å². The van der Waals surface area contributed by atoms with Crippen LogP contribution in [0.25, 0.3) is 65.3 Å². The van der Waals surface area contributed by atoms with E-state index in [1.807, 2.05) is 0 Å².